The van der Waals surface area contributed by atoms with E-state index in [1.54, 1.807) is 0 Å². The van der Waals surface area contributed by atoms with Crippen molar-refractivity contribution in [2.75, 3.05) is 18.9 Å². The maximum Gasteiger partial charge on any atom is 0.257 e. The van der Waals surface area contributed by atoms with Gasteiger partial charge >= 0.3 is 0 Å². The third-order valence-corrected chi connectivity index (χ3v) is 4.89. The number of hydrogen-bond donors (Lipinski definition) is 1. The Morgan fingerprint density at radius 3 is 2.56 bits per heavy atom. The Bertz CT molecular complexity index is 668. The first-order valence-corrected chi connectivity index (χ1v) is 9.83. The lowest BCUT2D eigenvalue weighted by atomic mass is 10.0. The predicted molar refractivity (Wildman–Crippen MR) is 106 cm³/mol. The molecule has 0 heterocycles. The van der Waals surface area contributed by atoms with Crippen LogP contribution < -0.4 is 10.1 Å². The Morgan fingerprint density at radius 1 is 1.12 bits per heavy atom. The van der Waals surface area contributed by atoms with Crippen LogP contribution >= 0.6 is 11.8 Å². The van der Waals surface area contributed by atoms with E-state index in [0.29, 0.717) is 12.5 Å². The van der Waals surface area contributed by atoms with Crippen molar-refractivity contribution in [1.82, 2.24) is 5.32 Å². The third-order valence-electron chi connectivity index (χ3n) is 3.86. The first-order chi connectivity index (χ1) is 12.1. The van der Waals surface area contributed by atoms with Crippen molar-refractivity contribution in [2.24, 2.45) is 0 Å². The molecule has 0 fully saturated rings. The van der Waals surface area contributed by atoms with Gasteiger partial charge in [0.1, 0.15) is 5.75 Å². The molecule has 1 N–H and O–H groups in total. The molecule has 2 aromatic rings. The number of amides is 1. The summed E-state index contributed by atoms with van der Waals surface area (Å²) in [5, 5.41) is 2.91. The van der Waals surface area contributed by atoms with Gasteiger partial charge in [-0.05, 0) is 30.0 Å². The highest BCUT2D eigenvalue weighted by molar-refractivity contribution is 7.98. The molecule has 0 aliphatic rings. The van der Waals surface area contributed by atoms with Crippen LogP contribution in [0.15, 0.2) is 48.5 Å². The van der Waals surface area contributed by atoms with Crippen LogP contribution in [0.4, 0.5) is 0 Å². The molecule has 1 amide bonds. The van der Waals surface area contributed by atoms with E-state index in [0.717, 1.165) is 22.8 Å². The van der Waals surface area contributed by atoms with Crippen LogP contribution in [0.5, 0.6) is 5.75 Å². The number of nitrogens with one attached hydrogen (secondary N) is 1. The SMILES string of the molecule is Cc1ccc(CSCCNC(=O)COc2ccccc2C(C)C)cc1. The van der Waals surface area contributed by atoms with E-state index in [2.05, 4.69) is 50.4 Å². The highest BCUT2D eigenvalue weighted by Gasteiger charge is 2.08. The Kier molecular flexibility index (Phi) is 7.86. The van der Waals surface area contributed by atoms with Gasteiger partial charge in [-0.1, -0.05) is 61.9 Å². The molecule has 0 aliphatic carbocycles. The molecule has 134 valence electrons. The first-order valence-electron chi connectivity index (χ1n) is 8.68. The number of ether oxygens (including phenoxy) is 1. The van der Waals surface area contributed by atoms with Gasteiger partial charge in [0.05, 0.1) is 0 Å². The van der Waals surface area contributed by atoms with Crippen molar-refractivity contribution >= 4 is 17.7 Å². The van der Waals surface area contributed by atoms with Gasteiger partial charge in [-0.3, -0.25) is 4.79 Å². The summed E-state index contributed by atoms with van der Waals surface area (Å²) < 4.78 is 5.68. The molecule has 0 spiro atoms. The molecule has 0 atom stereocenters. The van der Waals surface area contributed by atoms with Gasteiger partial charge in [0.15, 0.2) is 6.61 Å². The summed E-state index contributed by atoms with van der Waals surface area (Å²) in [6, 6.07) is 16.4. The van der Waals surface area contributed by atoms with E-state index >= 15 is 0 Å². The molecule has 0 aliphatic heterocycles. The maximum absolute atomic E-state index is 11.9. The fraction of sp³-hybridized carbons (Fsp3) is 0.381. The zero-order chi connectivity index (χ0) is 18.1. The van der Waals surface area contributed by atoms with Crippen molar-refractivity contribution in [2.45, 2.75) is 32.4 Å². The average molecular weight is 358 g/mol. The van der Waals surface area contributed by atoms with E-state index < -0.39 is 0 Å². The minimum atomic E-state index is -0.0745. The van der Waals surface area contributed by atoms with E-state index in [1.807, 2.05) is 36.0 Å². The largest absolute Gasteiger partial charge is 0.483 e. The molecular formula is C21H27NO2S. The average Bonchev–Trinajstić information content (AvgIpc) is 2.61. The molecular weight excluding hydrogens is 330 g/mol. The summed E-state index contributed by atoms with van der Waals surface area (Å²) in [6.07, 6.45) is 0. The normalized spacial score (nSPS) is 10.7. The molecule has 0 saturated heterocycles. The van der Waals surface area contributed by atoms with Crippen LogP contribution in [0.1, 0.15) is 36.5 Å². The lowest BCUT2D eigenvalue weighted by Gasteiger charge is -2.13. The van der Waals surface area contributed by atoms with E-state index in [1.165, 1.54) is 11.1 Å². The van der Waals surface area contributed by atoms with E-state index in [9.17, 15) is 4.79 Å². The summed E-state index contributed by atoms with van der Waals surface area (Å²) in [5.41, 5.74) is 3.72. The van der Waals surface area contributed by atoms with Crippen molar-refractivity contribution in [1.29, 1.82) is 0 Å². The Morgan fingerprint density at radius 2 is 1.84 bits per heavy atom. The van der Waals surface area contributed by atoms with Crippen LogP contribution in [0.2, 0.25) is 0 Å². The summed E-state index contributed by atoms with van der Waals surface area (Å²) in [6.45, 7) is 7.05. The van der Waals surface area contributed by atoms with Crippen LogP contribution in [-0.2, 0) is 10.5 Å². The van der Waals surface area contributed by atoms with Crippen molar-refractivity contribution in [3.63, 3.8) is 0 Å². The highest BCUT2D eigenvalue weighted by atomic mass is 32.2. The fourth-order valence-electron chi connectivity index (χ4n) is 2.42. The second-order valence-corrected chi connectivity index (χ2v) is 7.47. The number of para-hydroxylation sites is 1. The van der Waals surface area contributed by atoms with Crippen LogP contribution in [0.3, 0.4) is 0 Å². The quantitative estimate of drug-likeness (QED) is 0.669. The minimum Gasteiger partial charge on any atom is -0.483 e. The molecule has 0 saturated carbocycles. The van der Waals surface area contributed by atoms with E-state index in [4.69, 9.17) is 4.74 Å². The Labute approximate surface area is 155 Å². The van der Waals surface area contributed by atoms with E-state index in [-0.39, 0.29) is 12.5 Å². The standard InChI is InChI=1S/C21H27NO2S/c1-16(2)19-6-4-5-7-20(19)24-14-21(23)22-12-13-25-15-18-10-8-17(3)9-11-18/h4-11,16H,12-15H2,1-3H3,(H,22,23). The van der Waals surface area contributed by atoms with Crippen LogP contribution in [0.25, 0.3) is 0 Å². The minimum absolute atomic E-state index is 0.0619. The summed E-state index contributed by atoms with van der Waals surface area (Å²) >= 11 is 1.82. The topological polar surface area (TPSA) is 38.3 Å². The van der Waals surface area contributed by atoms with Crippen LogP contribution in [-0.4, -0.2) is 24.8 Å². The first kappa shape index (κ1) is 19.4. The summed E-state index contributed by atoms with van der Waals surface area (Å²) in [5.74, 6) is 2.95. The van der Waals surface area contributed by atoms with Gasteiger partial charge in [0.2, 0.25) is 0 Å². The zero-order valence-corrected chi connectivity index (χ0v) is 16.1. The third kappa shape index (κ3) is 6.83. The second-order valence-electron chi connectivity index (χ2n) is 6.37. The van der Waals surface area contributed by atoms with Gasteiger partial charge < -0.3 is 10.1 Å². The molecule has 2 aromatic carbocycles. The fourth-order valence-corrected chi connectivity index (χ4v) is 3.24. The molecule has 0 radical (unpaired) electrons. The molecule has 25 heavy (non-hydrogen) atoms. The molecule has 3 nitrogen and oxygen atoms in total. The summed E-state index contributed by atoms with van der Waals surface area (Å²) in [4.78, 5) is 11.9. The molecule has 4 heteroatoms. The van der Waals surface area contributed by atoms with Gasteiger partial charge in [-0.25, -0.2) is 0 Å². The van der Waals surface area contributed by atoms with Gasteiger partial charge in [-0.15, -0.1) is 0 Å². The van der Waals surface area contributed by atoms with Gasteiger partial charge in [-0.2, -0.15) is 11.8 Å². The maximum atomic E-state index is 11.9. The molecule has 0 aromatic heterocycles. The Hall–Kier alpha value is -1.94. The number of rotatable bonds is 9. The monoisotopic (exact) mass is 357 g/mol. The van der Waals surface area contributed by atoms with Gasteiger partial charge in [0.25, 0.3) is 5.91 Å². The lowest BCUT2D eigenvalue weighted by Crippen LogP contribution is -2.30. The smallest absolute Gasteiger partial charge is 0.257 e. The van der Waals surface area contributed by atoms with Crippen LogP contribution in [0, 0.1) is 6.92 Å². The Balaban J connectivity index is 1.63. The van der Waals surface area contributed by atoms with Crippen molar-refractivity contribution < 1.29 is 9.53 Å². The van der Waals surface area contributed by atoms with Gasteiger partial charge in [0, 0.05) is 18.1 Å². The summed E-state index contributed by atoms with van der Waals surface area (Å²) in [7, 11) is 0. The van der Waals surface area contributed by atoms with Crippen molar-refractivity contribution in [3.8, 4) is 5.75 Å². The predicted octanol–water partition coefficient (Wildman–Crippen LogP) is 4.55. The number of thioether (sulfide) groups is 1. The number of carbonyl (C=O) groups is 1. The second kappa shape index (κ2) is 10.1. The molecule has 0 bridgehead atoms. The number of aryl methyl sites for hydroxylation is 1. The highest BCUT2D eigenvalue weighted by Crippen LogP contribution is 2.25. The zero-order valence-electron chi connectivity index (χ0n) is 15.2. The molecule has 0 unspecified atom stereocenters. The number of benzene rings is 2. The number of carbonyl (C=O) groups excluding carboxylic acids is 1. The number of hydrogen-bond acceptors (Lipinski definition) is 3. The lowest BCUT2D eigenvalue weighted by molar-refractivity contribution is -0.122. The van der Waals surface area contributed by atoms with Crippen molar-refractivity contribution in [3.05, 3.63) is 65.2 Å². The molecule has 2 rings (SSSR count).